The Bertz CT molecular complexity index is 463. The predicted octanol–water partition coefficient (Wildman–Crippen LogP) is 3.68. The lowest BCUT2D eigenvalue weighted by Gasteiger charge is -2.08. The van der Waals surface area contributed by atoms with E-state index in [1.54, 1.807) is 19.1 Å². The van der Waals surface area contributed by atoms with E-state index in [9.17, 15) is 9.59 Å². The Morgan fingerprint density at radius 2 is 2.06 bits per heavy atom. The number of thioether (sulfide) groups is 1. The van der Waals surface area contributed by atoms with Gasteiger partial charge in [-0.15, -0.1) is 0 Å². The van der Waals surface area contributed by atoms with Gasteiger partial charge in [-0.05, 0) is 18.2 Å². The fourth-order valence-electron chi connectivity index (χ4n) is 1.20. The van der Waals surface area contributed by atoms with Crippen molar-refractivity contribution in [3.05, 3.63) is 33.8 Å². The first kappa shape index (κ1) is 15.3. The summed E-state index contributed by atoms with van der Waals surface area (Å²) in [6.45, 7) is 1.70. The molecule has 0 spiro atoms. The van der Waals surface area contributed by atoms with E-state index < -0.39 is 0 Å². The molecule has 0 amide bonds. The topological polar surface area (TPSA) is 43.4 Å². The highest BCUT2D eigenvalue weighted by atomic mass is 35.5. The molecule has 3 nitrogen and oxygen atoms in total. The molecule has 0 saturated heterocycles. The molecule has 98 valence electrons. The molecule has 1 rings (SSSR count). The molecule has 0 saturated carbocycles. The van der Waals surface area contributed by atoms with Crippen LogP contribution in [0.15, 0.2) is 18.2 Å². The molecule has 0 bridgehead atoms. The van der Waals surface area contributed by atoms with Crippen LogP contribution in [0.4, 0.5) is 0 Å². The Balaban J connectivity index is 2.63. The van der Waals surface area contributed by atoms with Crippen molar-refractivity contribution >= 4 is 46.0 Å². The molecule has 6 heteroatoms. The van der Waals surface area contributed by atoms with Crippen molar-refractivity contribution in [2.75, 3.05) is 12.9 Å². The average Bonchev–Trinajstić information content (AvgIpc) is 2.34. The monoisotopic (exact) mass is 306 g/mol. The second-order valence-electron chi connectivity index (χ2n) is 3.65. The normalized spacial score (nSPS) is 12.0. The molecule has 1 atom stereocenters. The van der Waals surface area contributed by atoms with E-state index in [2.05, 4.69) is 4.74 Å². The summed E-state index contributed by atoms with van der Waals surface area (Å²) < 4.78 is 4.58. The summed E-state index contributed by atoms with van der Waals surface area (Å²) in [6.07, 6.45) is 0. The van der Waals surface area contributed by atoms with Gasteiger partial charge in [-0.2, -0.15) is 0 Å². The zero-order valence-corrected chi connectivity index (χ0v) is 12.2. The van der Waals surface area contributed by atoms with Gasteiger partial charge in [0.25, 0.3) is 0 Å². The number of ether oxygens (including phenoxy) is 1. The number of esters is 1. The second-order valence-corrected chi connectivity index (χ2v) is 5.48. The highest BCUT2D eigenvalue weighted by Gasteiger charge is 2.17. The molecule has 1 aromatic carbocycles. The Labute approximate surface area is 120 Å². The molecular formula is C12H12Cl2O3S. The molecule has 0 fully saturated rings. The highest BCUT2D eigenvalue weighted by Crippen LogP contribution is 2.25. The minimum absolute atomic E-state index is 0.188. The molecule has 0 radical (unpaired) electrons. The molecule has 0 aliphatic carbocycles. The van der Waals surface area contributed by atoms with Crippen molar-refractivity contribution in [1.29, 1.82) is 0 Å². The van der Waals surface area contributed by atoms with Gasteiger partial charge in [0.2, 0.25) is 5.12 Å². The Hall–Kier alpha value is -0.710. The quantitative estimate of drug-likeness (QED) is 0.796. The predicted molar refractivity (Wildman–Crippen MR) is 74.4 cm³/mol. The molecule has 0 aliphatic rings. The van der Waals surface area contributed by atoms with Crippen LogP contribution in [0.25, 0.3) is 0 Å². The molecule has 0 aromatic heterocycles. The van der Waals surface area contributed by atoms with E-state index in [1.807, 2.05) is 0 Å². The lowest BCUT2D eigenvalue weighted by molar-refractivity contribution is -0.143. The summed E-state index contributed by atoms with van der Waals surface area (Å²) >= 11 is 12.7. The maximum atomic E-state index is 11.9. The van der Waals surface area contributed by atoms with Crippen LogP contribution < -0.4 is 0 Å². The van der Waals surface area contributed by atoms with E-state index in [4.69, 9.17) is 23.2 Å². The van der Waals surface area contributed by atoms with Gasteiger partial charge in [-0.25, -0.2) is 0 Å². The van der Waals surface area contributed by atoms with Crippen molar-refractivity contribution in [2.45, 2.75) is 6.92 Å². The first-order valence-corrected chi connectivity index (χ1v) is 6.90. The van der Waals surface area contributed by atoms with Crippen LogP contribution in [0, 0.1) is 5.92 Å². The van der Waals surface area contributed by atoms with Gasteiger partial charge in [0.1, 0.15) is 0 Å². The van der Waals surface area contributed by atoms with Crippen LogP contribution in [-0.2, 0) is 9.53 Å². The minimum Gasteiger partial charge on any atom is -0.469 e. The molecule has 0 heterocycles. The summed E-state index contributed by atoms with van der Waals surface area (Å²) in [4.78, 5) is 23.1. The molecule has 0 unspecified atom stereocenters. The Kier molecular flexibility index (Phi) is 5.99. The number of methoxy groups -OCH3 is 1. The van der Waals surface area contributed by atoms with Gasteiger partial charge in [0, 0.05) is 16.3 Å². The minimum atomic E-state index is -0.338. The van der Waals surface area contributed by atoms with Gasteiger partial charge in [0.05, 0.1) is 18.1 Å². The summed E-state index contributed by atoms with van der Waals surface area (Å²) in [6, 6.07) is 4.69. The zero-order valence-electron chi connectivity index (χ0n) is 9.91. The summed E-state index contributed by atoms with van der Waals surface area (Å²) in [5.41, 5.74) is 0.392. The number of rotatable bonds is 4. The van der Waals surface area contributed by atoms with Crippen LogP contribution in [0.1, 0.15) is 17.3 Å². The van der Waals surface area contributed by atoms with Crippen LogP contribution in [0.5, 0.6) is 0 Å². The summed E-state index contributed by atoms with van der Waals surface area (Å²) in [7, 11) is 1.32. The zero-order chi connectivity index (χ0) is 13.7. The average molecular weight is 307 g/mol. The standard InChI is InChI=1S/C12H12Cl2O3S/c1-7(11(15)17-2)6-18-12(16)9-4-3-8(13)5-10(9)14/h3-5,7H,6H2,1-2H3/t7-/m0/s1. The summed E-state index contributed by atoms with van der Waals surface area (Å²) in [5.74, 6) is -0.322. The number of halogens is 2. The van der Waals surface area contributed by atoms with Gasteiger partial charge in [0.15, 0.2) is 0 Å². The largest absolute Gasteiger partial charge is 0.469 e. The third-order valence-corrected chi connectivity index (χ3v) is 3.92. The van der Waals surface area contributed by atoms with Gasteiger partial charge >= 0.3 is 5.97 Å². The molecule has 18 heavy (non-hydrogen) atoms. The third kappa shape index (κ3) is 4.19. The smallest absolute Gasteiger partial charge is 0.309 e. The number of benzene rings is 1. The van der Waals surface area contributed by atoms with Crippen molar-refractivity contribution in [3.8, 4) is 0 Å². The maximum absolute atomic E-state index is 11.9. The number of hydrogen-bond acceptors (Lipinski definition) is 4. The Morgan fingerprint density at radius 3 is 2.61 bits per heavy atom. The Morgan fingerprint density at radius 1 is 1.39 bits per heavy atom. The molecule has 0 N–H and O–H groups in total. The van der Waals surface area contributed by atoms with E-state index in [0.29, 0.717) is 21.4 Å². The van der Waals surface area contributed by atoms with Crippen LogP contribution in [0.2, 0.25) is 10.0 Å². The fourth-order valence-corrected chi connectivity index (χ4v) is 2.62. The van der Waals surface area contributed by atoms with Crippen LogP contribution >= 0.6 is 35.0 Å². The lowest BCUT2D eigenvalue weighted by atomic mass is 10.2. The van der Waals surface area contributed by atoms with Crippen molar-refractivity contribution in [3.63, 3.8) is 0 Å². The maximum Gasteiger partial charge on any atom is 0.309 e. The fraction of sp³-hybridized carbons (Fsp3) is 0.333. The van der Waals surface area contributed by atoms with Crippen LogP contribution in [-0.4, -0.2) is 23.9 Å². The second kappa shape index (κ2) is 7.02. The molecule has 1 aromatic rings. The SMILES string of the molecule is COC(=O)[C@@H](C)CSC(=O)c1ccc(Cl)cc1Cl. The van der Waals surface area contributed by atoms with Gasteiger partial charge in [-0.1, -0.05) is 41.9 Å². The lowest BCUT2D eigenvalue weighted by Crippen LogP contribution is -2.15. The van der Waals surface area contributed by atoms with E-state index in [1.165, 1.54) is 13.2 Å². The number of hydrogen-bond donors (Lipinski definition) is 0. The highest BCUT2D eigenvalue weighted by molar-refractivity contribution is 8.14. The molecular weight excluding hydrogens is 295 g/mol. The van der Waals surface area contributed by atoms with Gasteiger partial charge < -0.3 is 4.74 Å². The van der Waals surface area contributed by atoms with Crippen molar-refractivity contribution in [1.82, 2.24) is 0 Å². The van der Waals surface area contributed by atoms with Crippen LogP contribution in [0.3, 0.4) is 0 Å². The number of carbonyl (C=O) groups is 2. The summed E-state index contributed by atoms with van der Waals surface area (Å²) in [5, 5.41) is 0.600. The molecule has 0 aliphatic heterocycles. The van der Waals surface area contributed by atoms with E-state index in [-0.39, 0.29) is 17.0 Å². The van der Waals surface area contributed by atoms with E-state index in [0.717, 1.165) is 11.8 Å². The number of carbonyl (C=O) groups excluding carboxylic acids is 2. The van der Waals surface area contributed by atoms with Crippen molar-refractivity contribution < 1.29 is 14.3 Å². The van der Waals surface area contributed by atoms with E-state index >= 15 is 0 Å². The first-order chi connectivity index (χ1) is 8.45. The van der Waals surface area contributed by atoms with Gasteiger partial charge in [-0.3, -0.25) is 9.59 Å². The third-order valence-electron chi connectivity index (χ3n) is 2.22. The van der Waals surface area contributed by atoms with Crippen molar-refractivity contribution in [2.24, 2.45) is 5.92 Å². The first-order valence-electron chi connectivity index (χ1n) is 5.15.